The molecule has 0 saturated heterocycles. The molecule has 0 heterocycles. The monoisotopic (exact) mass is 174 g/mol. The van der Waals surface area contributed by atoms with E-state index in [4.69, 9.17) is 0 Å². The van der Waals surface area contributed by atoms with Crippen LogP contribution in [-0.4, -0.2) is 6.29 Å². The SMILES string of the molecule is CC1CC(C)c2cc(C=O)ccc21. The number of carbonyl (C=O) groups is 1. The Labute approximate surface area is 78.8 Å². The average molecular weight is 174 g/mol. The number of hydrogen-bond acceptors (Lipinski definition) is 1. The Morgan fingerprint density at radius 1 is 1.23 bits per heavy atom. The summed E-state index contributed by atoms with van der Waals surface area (Å²) in [5.41, 5.74) is 3.61. The molecule has 0 aromatic heterocycles. The van der Waals surface area contributed by atoms with E-state index >= 15 is 0 Å². The molecule has 1 nitrogen and oxygen atoms in total. The van der Waals surface area contributed by atoms with Crippen molar-refractivity contribution in [3.05, 3.63) is 34.9 Å². The van der Waals surface area contributed by atoms with Gasteiger partial charge in [-0.05, 0) is 35.4 Å². The van der Waals surface area contributed by atoms with Crippen LogP contribution in [0.2, 0.25) is 0 Å². The lowest BCUT2D eigenvalue weighted by Gasteiger charge is -2.04. The molecule has 1 aromatic rings. The van der Waals surface area contributed by atoms with E-state index in [1.165, 1.54) is 17.5 Å². The molecule has 0 amide bonds. The van der Waals surface area contributed by atoms with Crippen LogP contribution in [0.25, 0.3) is 0 Å². The molecule has 0 fully saturated rings. The fraction of sp³-hybridized carbons (Fsp3) is 0.417. The highest BCUT2D eigenvalue weighted by Gasteiger charge is 2.24. The highest BCUT2D eigenvalue weighted by Crippen LogP contribution is 2.41. The van der Waals surface area contributed by atoms with Crippen LogP contribution in [0.1, 0.15) is 53.6 Å². The quantitative estimate of drug-likeness (QED) is 0.598. The molecule has 1 aliphatic carbocycles. The molecule has 1 aromatic carbocycles. The first-order chi connectivity index (χ1) is 6.22. The number of hydrogen-bond donors (Lipinski definition) is 0. The summed E-state index contributed by atoms with van der Waals surface area (Å²) in [7, 11) is 0. The van der Waals surface area contributed by atoms with Crippen LogP contribution in [0.3, 0.4) is 0 Å². The Kier molecular flexibility index (Phi) is 1.95. The van der Waals surface area contributed by atoms with Crippen LogP contribution in [-0.2, 0) is 0 Å². The standard InChI is InChI=1S/C12H14O/c1-8-5-9(2)12-6-10(7-13)3-4-11(8)12/h3-4,6-9H,5H2,1-2H3. The predicted molar refractivity (Wildman–Crippen MR) is 53.3 cm³/mol. The minimum absolute atomic E-state index is 0.616. The number of benzene rings is 1. The van der Waals surface area contributed by atoms with E-state index in [0.717, 1.165) is 11.8 Å². The Morgan fingerprint density at radius 2 is 1.92 bits per heavy atom. The summed E-state index contributed by atoms with van der Waals surface area (Å²) in [4.78, 5) is 10.6. The third-order valence-corrected chi connectivity index (χ3v) is 3.02. The fourth-order valence-electron chi connectivity index (χ4n) is 2.33. The van der Waals surface area contributed by atoms with Crippen molar-refractivity contribution in [3.8, 4) is 0 Å². The van der Waals surface area contributed by atoms with Gasteiger partial charge < -0.3 is 0 Å². The van der Waals surface area contributed by atoms with E-state index in [0.29, 0.717) is 11.8 Å². The van der Waals surface area contributed by atoms with Crippen molar-refractivity contribution in [2.45, 2.75) is 32.1 Å². The molecule has 1 aliphatic rings. The van der Waals surface area contributed by atoms with Gasteiger partial charge in [-0.1, -0.05) is 26.0 Å². The lowest BCUT2D eigenvalue weighted by atomic mass is 10.0. The molecule has 13 heavy (non-hydrogen) atoms. The predicted octanol–water partition coefficient (Wildman–Crippen LogP) is 3.11. The maximum atomic E-state index is 10.6. The van der Waals surface area contributed by atoms with Gasteiger partial charge >= 0.3 is 0 Å². The maximum Gasteiger partial charge on any atom is 0.150 e. The molecule has 0 bridgehead atoms. The second-order valence-corrected chi connectivity index (χ2v) is 4.04. The molecule has 0 saturated carbocycles. The van der Waals surface area contributed by atoms with Gasteiger partial charge in [0.25, 0.3) is 0 Å². The second-order valence-electron chi connectivity index (χ2n) is 4.04. The first kappa shape index (κ1) is 8.49. The molecule has 0 spiro atoms. The van der Waals surface area contributed by atoms with Gasteiger partial charge in [-0.3, -0.25) is 4.79 Å². The van der Waals surface area contributed by atoms with Crippen LogP contribution in [0.15, 0.2) is 18.2 Å². The Balaban J connectivity index is 2.51. The zero-order chi connectivity index (χ0) is 9.42. The summed E-state index contributed by atoms with van der Waals surface area (Å²) < 4.78 is 0. The van der Waals surface area contributed by atoms with Crippen LogP contribution < -0.4 is 0 Å². The van der Waals surface area contributed by atoms with Crippen molar-refractivity contribution in [1.29, 1.82) is 0 Å². The Bertz CT molecular complexity index is 341. The minimum atomic E-state index is 0.616. The highest BCUT2D eigenvalue weighted by atomic mass is 16.1. The van der Waals surface area contributed by atoms with E-state index < -0.39 is 0 Å². The van der Waals surface area contributed by atoms with Crippen molar-refractivity contribution in [1.82, 2.24) is 0 Å². The maximum absolute atomic E-state index is 10.6. The van der Waals surface area contributed by atoms with Crippen molar-refractivity contribution in [2.75, 3.05) is 0 Å². The van der Waals surface area contributed by atoms with E-state index in [1.807, 2.05) is 12.1 Å². The fourth-order valence-corrected chi connectivity index (χ4v) is 2.33. The van der Waals surface area contributed by atoms with Crippen LogP contribution in [0.5, 0.6) is 0 Å². The van der Waals surface area contributed by atoms with Crippen molar-refractivity contribution < 1.29 is 4.79 Å². The Hall–Kier alpha value is -1.11. The number of fused-ring (bicyclic) bond motifs is 1. The highest BCUT2D eigenvalue weighted by molar-refractivity contribution is 5.75. The van der Waals surface area contributed by atoms with Gasteiger partial charge in [0.2, 0.25) is 0 Å². The Morgan fingerprint density at radius 3 is 2.62 bits per heavy atom. The zero-order valence-electron chi connectivity index (χ0n) is 8.08. The summed E-state index contributed by atoms with van der Waals surface area (Å²) in [6.45, 7) is 4.49. The summed E-state index contributed by atoms with van der Waals surface area (Å²) >= 11 is 0. The lowest BCUT2D eigenvalue weighted by Crippen LogP contribution is -1.89. The largest absolute Gasteiger partial charge is 0.298 e. The van der Waals surface area contributed by atoms with Crippen LogP contribution in [0, 0.1) is 0 Å². The topological polar surface area (TPSA) is 17.1 Å². The van der Waals surface area contributed by atoms with Crippen molar-refractivity contribution >= 4 is 6.29 Å². The number of carbonyl (C=O) groups excluding carboxylic acids is 1. The van der Waals surface area contributed by atoms with Crippen LogP contribution >= 0.6 is 0 Å². The molecule has 0 radical (unpaired) electrons. The molecule has 68 valence electrons. The summed E-state index contributed by atoms with van der Waals surface area (Å²) in [5.74, 6) is 1.27. The molecule has 2 unspecified atom stereocenters. The van der Waals surface area contributed by atoms with E-state index in [1.54, 1.807) is 0 Å². The van der Waals surface area contributed by atoms with Gasteiger partial charge in [-0.15, -0.1) is 0 Å². The minimum Gasteiger partial charge on any atom is -0.298 e. The first-order valence-corrected chi connectivity index (χ1v) is 4.81. The number of rotatable bonds is 1. The van der Waals surface area contributed by atoms with Crippen LogP contribution in [0.4, 0.5) is 0 Å². The lowest BCUT2D eigenvalue weighted by molar-refractivity contribution is 0.112. The van der Waals surface area contributed by atoms with Gasteiger partial charge in [0.1, 0.15) is 6.29 Å². The molecular weight excluding hydrogens is 160 g/mol. The molecule has 1 heteroatoms. The van der Waals surface area contributed by atoms with E-state index in [-0.39, 0.29) is 0 Å². The second kappa shape index (κ2) is 2.99. The first-order valence-electron chi connectivity index (χ1n) is 4.81. The zero-order valence-corrected chi connectivity index (χ0v) is 8.08. The van der Waals surface area contributed by atoms with Crippen molar-refractivity contribution in [2.24, 2.45) is 0 Å². The van der Waals surface area contributed by atoms with Gasteiger partial charge in [0.05, 0.1) is 0 Å². The molecular formula is C12H14O. The molecule has 0 aliphatic heterocycles. The average Bonchev–Trinajstić information content (AvgIpc) is 2.42. The van der Waals surface area contributed by atoms with Gasteiger partial charge in [0, 0.05) is 5.56 Å². The van der Waals surface area contributed by atoms with Gasteiger partial charge in [0.15, 0.2) is 0 Å². The smallest absolute Gasteiger partial charge is 0.150 e. The van der Waals surface area contributed by atoms with Gasteiger partial charge in [-0.25, -0.2) is 0 Å². The summed E-state index contributed by atoms with van der Waals surface area (Å²) in [6, 6.07) is 6.06. The normalized spacial score (nSPS) is 25.7. The molecule has 0 N–H and O–H groups in total. The van der Waals surface area contributed by atoms with Crippen molar-refractivity contribution in [3.63, 3.8) is 0 Å². The summed E-state index contributed by atoms with van der Waals surface area (Å²) in [6.07, 6.45) is 2.15. The number of aldehydes is 1. The third kappa shape index (κ3) is 1.28. The summed E-state index contributed by atoms with van der Waals surface area (Å²) in [5, 5.41) is 0. The molecule has 2 atom stereocenters. The van der Waals surface area contributed by atoms with E-state index in [2.05, 4.69) is 19.9 Å². The van der Waals surface area contributed by atoms with E-state index in [9.17, 15) is 4.79 Å². The third-order valence-electron chi connectivity index (χ3n) is 3.02. The van der Waals surface area contributed by atoms with Gasteiger partial charge in [-0.2, -0.15) is 0 Å². The molecule has 2 rings (SSSR count).